The predicted octanol–water partition coefficient (Wildman–Crippen LogP) is 2.77. The van der Waals surface area contributed by atoms with E-state index in [0.717, 1.165) is 43.3 Å². The van der Waals surface area contributed by atoms with E-state index >= 15 is 0 Å². The lowest BCUT2D eigenvalue weighted by molar-refractivity contribution is 0.0295. The van der Waals surface area contributed by atoms with E-state index < -0.39 is 0 Å². The fraction of sp³-hybridized carbons (Fsp3) is 0.522. The fourth-order valence-electron chi connectivity index (χ4n) is 4.52. The highest BCUT2D eigenvalue weighted by Gasteiger charge is 2.30. The Bertz CT molecular complexity index is 878. The molecule has 0 aliphatic carbocycles. The summed E-state index contributed by atoms with van der Waals surface area (Å²) in [5, 5.41) is 0. The van der Waals surface area contributed by atoms with Gasteiger partial charge in [0, 0.05) is 44.0 Å². The zero-order valence-corrected chi connectivity index (χ0v) is 17.7. The highest BCUT2D eigenvalue weighted by molar-refractivity contribution is 5.96. The lowest BCUT2D eigenvalue weighted by atomic mass is 10.1. The molecule has 0 radical (unpaired) electrons. The molecule has 1 aromatic heterocycles. The largest absolute Gasteiger partial charge is 0.378 e. The first-order valence-electron chi connectivity index (χ1n) is 10.5. The molecule has 2 saturated heterocycles. The molecule has 0 N–H and O–H groups in total. The lowest BCUT2D eigenvalue weighted by Crippen LogP contribution is -2.41. The van der Waals surface area contributed by atoms with Crippen molar-refractivity contribution in [2.24, 2.45) is 0 Å². The van der Waals surface area contributed by atoms with Crippen molar-refractivity contribution in [1.29, 1.82) is 0 Å². The van der Waals surface area contributed by atoms with Crippen LogP contribution in [0.15, 0.2) is 24.3 Å². The van der Waals surface area contributed by atoms with Gasteiger partial charge in [-0.1, -0.05) is 29.8 Å². The van der Waals surface area contributed by atoms with Crippen molar-refractivity contribution in [3.8, 4) is 0 Å². The second-order valence-corrected chi connectivity index (χ2v) is 7.99. The third kappa shape index (κ3) is 4.05. The molecule has 0 spiro atoms. The molecule has 2 fully saturated rings. The molecule has 1 amide bonds. The van der Waals surface area contributed by atoms with Crippen molar-refractivity contribution in [3.05, 3.63) is 52.3 Å². The molecule has 4 rings (SSSR count). The van der Waals surface area contributed by atoms with E-state index in [1.165, 1.54) is 16.8 Å². The van der Waals surface area contributed by atoms with Crippen LogP contribution in [0, 0.1) is 20.8 Å². The van der Waals surface area contributed by atoms with Crippen LogP contribution in [0.5, 0.6) is 0 Å². The minimum atomic E-state index is 0.112. The Morgan fingerprint density at radius 3 is 2.28 bits per heavy atom. The molecule has 0 unspecified atom stereocenters. The molecule has 29 heavy (non-hydrogen) atoms. The minimum absolute atomic E-state index is 0.112. The zero-order chi connectivity index (χ0) is 20.4. The number of carbonyl (C=O) groups excluding carboxylic acids is 1. The van der Waals surface area contributed by atoms with Crippen LogP contribution < -0.4 is 4.90 Å². The molecule has 6 nitrogen and oxygen atoms in total. The molecular formula is C23H31N3O3. The molecule has 0 bridgehead atoms. The summed E-state index contributed by atoms with van der Waals surface area (Å²) >= 11 is 0. The normalized spacial score (nSPS) is 17.6. The van der Waals surface area contributed by atoms with E-state index in [2.05, 4.69) is 54.5 Å². The number of rotatable bonds is 4. The second kappa shape index (κ2) is 8.59. The van der Waals surface area contributed by atoms with E-state index in [-0.39, 0.29) is 5.91 Å². The Hall–Kier alpha value is -2.31. The Morgan fingerprint density at radius 1 is 0.966 bits per heavy atom. The third-order valence-electron chi connectivity index (χ3n) is 5.98. The summed E-state index contributed by atoms with van der Waals surface area (Å²) in [6, 6.07) is 8.53. The number of hydrogen-bond donors (Lipinski definition) is 0. The van der Waals surface area contributed by atoms with Crippen LogP contribution in [-0.4, -0.2) is 68.0 Å². The van der Waals surface area contributed by atoms with E-state index in [0.29, 0.717) is 32.8 Å². The number of morpholine rings is 2. The molecule has 2 aliphatic rings. The van der Waals surface area contributed by atoms with Gasteiger partial charge in [0.2, 0.25) is 0 Å². The Balaban J connectivity index is 1.76. The summed E-state index contributed by atoms with van der Waals surface area (Å²) in [5.41, 5.74) is 6.69. The third-order valence-corrected chi connectivity index (χ3v) is 5.98. The highest BCUT2D eigenvalue weighted by atomic mass is 16.5. The SMILES string of the molecule is Cc1cccc(Cn2c(C)c(N3CCOCC3)c(C)c2C(=O)N2CCOCC2)c1. The number of carbonyl (C=O) groups is 1. The first-order chi connectivity index (χ1) is 14.1. The van der Waals surface area contributed by atoms with Crippen LogP contribution in [0.25, 0.3) is 0 Å². The van der Waals surface area contributed by atoms with Crippen molar-refractivity contribution >= 4 is 11.6 Å². The number of benzene rings is 1. The van der Waals surface area contributed by atoms with Crippen LogP contribution in [0.2, 0.25) is 0 Å². The second-order valence-electron chi connectivity index (χ2n) is 7.99. The average molecular weight is 398 g/mol. The Kier molecular flexibility index (Phi) is 5.92. The van der Waals surface area contributed by atoms with Gasteiger partial charge >= 0.3 is 0 Å². The van der Waals surface area contributed by atoms with Gasteiger partial charge in [-0.15, -0.1) is 0 Å². The van der Waals surface area contributed by atoms with Crippen LogP contribution in [0.4, 0.5) is 5.69 Å². The first kappa shape index (κ1) is 20.0. The van der Waals surface area contributed by atoms with Gasteiger partial charge in [-0.2, -0.15) is 0 Å². The number of aryl methyl sites for hydroxylation is 1. The van der Waals surface area contributed by atoms with Crippen molar-refractivity contribution in [2.75, 3.05) is 57.5 Å². The highest BCUT2D eigenvalue weighted by Crippen LogP contribution is 2.33. The summed E-state index contributed by atoms with van der Waals surface area (Å²) in [5.74, 6) is 0.112. The molecule has 156 valence electrons. The lowest BCUT2D eigenvalue weighted by Gasteiger charge is -2.30. The maximum Gasteiger partial charge on any atom is 0.271 e. The predicted molar refractivity (Wildman–Crippen MR) is 114 cm³/mol. The Labute approximate surface area is 173 Å². The van der Waals surface area contributed by atoms with Crippen LogP contribution in [-0.2, 0) is 16.0 Å². The number of aromatic nitrogens is 1. The average Bonchev–Trinajstić information content (AvgIpc) is 2.98. The number of anilines is 1. The topological polar surface area (TPSA) is 46.9 Å². The molecule has 0 atom stereocenters. The van der Waals surface area contributed by atoms with E-state index in [9.17, 15) is 4.79 Å². The van der Waals surface area contributed by atoms with Crippen molar-refractivity contribution in [1.82, 2.24) is 9.47 Å². The molecule has 2 aromatic rings. The van der Waals surface area contributed by atoms with Crippen LogP contribution >= 0.6 is 0 Å². The summed E-state index contributed by atoms with van der Waals surface area (Å²) in [6.07, 6.45) is 0. The smallest absolute Gasteiger partial charge is 0.271 e. The Morgan fingerprint density at radius 2 is 1.62 bits per heavy atom. The standard InChI is InChI=1S/C23H31N3O3/c1-17-5-4-6-20(15-17)16-26-19(3)21(24-7-11-28-12-8-24)18(2)22(26)23(27)25-9-13-29-14-10-25/h4-6,15H,7-14,16H2,1-3H3. The number of ether oxygens (including phenoxy) is 2. The molecule has 3 heterocycles. The first-order valence-corrected chi connectivity index (χ1v) is 10.5. The molecule has 6 heteroatoms. The van der Waals surface area contributed by atoms with Gasteiger partial charge in [-0.05, 0) is 26.3 Å². The van der Waals surface area contributed by atoms with Gasteiger partial charge in [-0.25, -0.2) is 0 Å². The summed E-state index contributed by atoms with van der Waals surface area (Å²) in [4.78, 5) is 17.9. The summed E-state index contributed by atoms with van der Waals surface area (Å²) in [7, 11) is 0. The monoisotopic (exact) mass is 397 g/mol. The number of hydrogen-bond acceptors (Lipinski definition) is 4. The molecule has 1 aromatic carbocycles. The maximum atomic E-state index is 13.6. The van der Waals surface area contributed by atoms with E-state index in [1.54, 1.807) is 0 Å². The molecule has 2 aliphatic heterocycles. The van der Waals surface area contributed by atoms with E-state index in [1.807, 2.05) is 4.90 Å². The van der Waals surface area contributed by atoms with Crippen LogP contribution in [0.3, 0.4) is 0 Å². The van der Waals surface area contributed by atoms with Gasteiger partial charge in [0.15, 0.2) is 0 Å². The summed E-state index contributed by atoms with van der Waals surface area (Å²) in [6.45, 7) is 12.8. The van der Waals surface area contributed by atoms with Gasteiger partial charge in [-0.3, -0.25) is 4.79 Å². The zero-order valence-electron chi connectivity index (χ0n) is 17.7. The van der Waals surface area contributed by atoms with Gasteiger partial charge in [0.05, 0.1) is 32.1 Å². The van der Waals surface area contributed by atoms with Crippen LogP contribution in [0.1, 0.15) is 32.9 Å². The number of nitrogens with zero attached hydrogens (tertiary/aromatic N) is 3. The summed E-state index contributed by atoms with van der Waals surface area (Å²) < 4.78 is 13.2. The molecule has 0 saturated carbocycles. The fourth-order valence-corrected chi connectivity index (χ4v) is 4.52. The minimum Gasteiger partial charge on any atom is -0.378 e. The van der Waals surface area contributed by atoms with Crippen molar-refractivity contribution in [2.45, 2.75) is 27.3 Å². The van der Waals surface area contributed by atoms with E-state index in [4.69, 9.17) is 9.47 Å². The van der Waals surface area contributed by atoms with Crippen molar-refractivity contribution in [3.63, 3.8) is 0 Å². The molecular weight excluding hydrogens is 366 g/mol. The quantitative estimate of drug-likeness (QED) is 0.796. The van der Waals surface area contributed by atoms with Crippen molar-refractivity contribution < 1.29 is 14.3 Å². The van der Waals surface area contributed by atoms with Gasteiger partial charge < -0.3 is 23.8 Å². The number of amides is 1. The van der Waals surface area contributed by atoms with Gasteiger partial charge in [0.25, 0.3) is 5.91 Å². The van der Waals surface area contributed by atoms with Gasteiger partial charge in [0.1, 0.15) is 5.69 Å². The maximum absolute atomic E-state index is 13.6.